The lowest BCUT2D eigenvalue weighted by atomic mass is 9.80. The lowest BCUT2D eigenvalue weighted by molar-refractivity contribution is -0.122. The molecular weight excluding hydrogens is 264 g/mol. The van der Waals surface area contributed by atoms with Gasteiger partial charge in [0.2, 0.25) is 5.91 Å². The Hall–Kier alpha value is -0.620. The molecule has 6 heteroatoms. The fourth-order valence-corrected chi connectivity index (χ4v) is 4.97. The van der Waals surface area contributed by atoms with Crippen molar-refractivity contribution >= 4 is 15.7 Å². The summed E-state index contributed by atoms with van der Waals surface area (Å²) in [7, 11) is -2.86. The predicted octanol–water partition coefficient (Wildman–Crippen LogP) is 0.589. The van der Waals surface area contributed by atoms with E-state index in [-0.39, 0.29) is 28.9 Å². The second kappa shape index (κ2) is 5.79. The molecule has 1 saturated carbocycles. The van der Waals surface area contributed by atoms with E-state index in [0.29, 0.717) is 19.4 Å². The van der Waals surface area contributed by atoms with Crippen LogP contribution in [0.15, 0.2) is 0 Å². The summed E-state index contributed by atoms with van der Waals surface area (Å²) < 4.78 is 22.6. The summed E-state index contributed by atoms with van der Waals surface area (Å²) in [5, 5.41) is 2.85. The summed E-state index contributed by atoms with van der Waals surface area (Å²) >= 11 is 0. The number of rotatable bonds is 4. The van der Waals surface area contributed by atoms with Crippen LogP contribution in [0.1, 0.15) is 44.9 Å². The summed E-state index contributed by atoms with van der Waals surface area (Å²) in [5.74, 6) is 0.512. The van der Waals surface area contributed by atoms with Gasteiger partial charge in [0.15, 0.2) is 9.84 Å². The van der Waals surface area contributed by atoms with Crippen molar-refractivity contribution in [1.82, 2.24) is 5.32 Å². The van der Waals surface area contributed by atoms with Gasteiger partial charge >= 0.3 is 0 Å². The molecule has 5 nitrogen and oxygen atoms in total. The van der Waals surface area contributed by atoms with Crippen molar-refractivity contribution in [3.63, 3.8) is 0 Å². The van der Waals surface area contributed by atoms with Gasteiger partial charge in [0.1, 0.15) is 0 Å². The van der Waals surface area contributed by atoms with Gasteiger partial charge in [-0.25, -0.2) is 8.42 Å². The molecular formula is C13H24N2O3S. The molecule has 2 rings (SSSR count). The van der Waals surface area contributed by atoms with Gasteiger partial charge in [-0.3, -0.25) is 4.79 Å². The molecule has 1 amide bonds. The fraction of sp³-hybridized carbons (Fsp3) is 0.923. The lowest BCUT2D eigenvalue weighted by Gasteiger charge is -2.32. The largest absolute Gasteiger partial charge is 0.356 e. The maximum Gasteiger partial charge on any atom is 0.221 e. The summed E-state index contributed by atoms with van der Waals surface area (Å²) in [6.07, 6.45) is 6.27. The first-order valence-corrected chi connectivity index (χ1v) is 8.97. The van der Waals surface area contributed by atoms with Crippen molar-refractivity contribution in [2.24, 2.45) is 11.7 Å². The summed E-state index contributed by atoms with van der Waals surface area (Å²) in [6, 6.07) is 0. The number of nitrogens with one attached hydrogen (secondary N) is 1. The molecule has 110 valence electrons. The van der Waals surface area contributed by atoms with E-state index in [1.165, 1.54) is 6.42 Å². The van der Waals surface area contributed by atoms with E-state index in [0.717, 1.165) is 25.7 Å². The monoisotopic (exact) mass is 288 g/mol. The molecule has 1 atom stereocenters. The van der Waals surface area contributed by atoms with Gasteiger partial charge in [-0.1, -0.05) is 19.3 Å². The molecule has 1 aliphatic heterocycles. The van der Waals surface area contributed by atoms with Crippen molar-refractivity contribution in [2.45, 2.75) is 50.5 Å². The Kier molecular flexibility index (Phi) is 4.50. The molecule has 1 aliphatic carbocycles. The molecule has 19 heavy (non-hydrogen) atoms. The normalized spacial score (nSPS) is 29.0. The van der Waals surface area contributed by atoms with Crippen LogP contribution in [-0.4, -0.2) is 37.9 Å². The van der Waals surface area contributed by atoms with E-state index in [1.807, 2.05) is 0 Å². The van der Waals surface area contributed by atoms with E-state index in [1.54, 1.807) is 0 Å². The van der Waals surface area contributed by atoms with Gasteiger partial charge in [0.25, 0.3) is 0 Å². The molecule has 0 spiro atoms. The fourth-order valence-electron chi connectivity index (χ4n) is 3.11. The second-order valence-electron chi connectivity index (χ2n) is 6.17. The topological polar surface area (TPSA) is 89.3 Å². The molecule has 1 unspecified atom stereocenters. The van der Waals surface area contributed by atoms with Crippen molar-refractivity contribution in [3.8, 4) is 0 Å². The molecule has 0 bridgehead atoms. The van der Waals surface area contributed by atoms with Crippen LogP contribution < -0.4 is 11.1 Å². The summed E-state index contributed by atoms with van der Waals surface area (Å²) in [6.45, 7) is 0.466. The highest BCUT2D eigenvalue weighted by Crippen LogP contribution is 2.28. The summed E-state index contributed by atoms with van der Waals surface area (Å²) in [5.41, 5.74) is 5.89. The van der Waals surface area contributed by atoms with Gasteiger partial charge in [-0.15, -0.1) is 0 Å². The number of carbonyl (C=O) groups excluding carboxylic acids is 1. The van der Waals surface area contributed by atoms with Crippen molar-refractivity contribution < 1.29 is 13.2 Å². The Bertz CT molecular complexity index is 427. The first-order valence-electron chi connectivity index (χ1n) is 7.15. The number of carbonyl (C=O) groups is 1. The van der Waals surface area contributed by atoms with E-state index >= 15 is 0 Å². The Balaban J connectivity index is 1.73. The van der Waals surface area contributed by atoms with Crippen molar-refractivity contribution in [2.75, 3.05) is 18.1 Å². The average molecular weight is 288 g/mol. The first kappa shape index (κ1) is 14.8. The van der Waals surface area contributed by atoms with Crippen LogP contribution in [0.25, 0.3) is 0 Å². The van der Waals surface area contributed by atoms with Crippen LogP contribution in [0.5, 0.6) is 0 Å². The van der Waals surface area contributed by atoms with Gasteiger partial charge in [-0.2, -0.15) is 0 Å². The minimum absolute atomic E-state index is 0.0336. The smallest absolute Gasteiger partial charge is 0.221 e. The Labute approximate surface area is 115 Å². The molecule has 1 saturated heterocycles. The van der Waals surface area contributed by atoms with Crippen LogP contribution in [0.2, 0.25) is 0 Å². The van der Waals surface area contributed by atoms with Gasteiger partial charge < -0.3 is 11.1 Å². The molecule has 2 aliphatic rings. The Morgan fingerprint density at radius 2 is 1.95 bits per heavy atom. The average Bonchev–Trinajstić information content (AvgIpc) is 2.67. The minimum atomic E-state index is -2.86. The molecule has 1 heterocycles. The van der Waals surface area contributed by atoms with Crippen LogP contribution >= 0.6 is 0 Å². The Morgan fingerprint density at radius 1 is 1.26 bits per heavy atom. The number of sulfone groups is 1. The van der Waals surface area contributed by atoms with Gasteiger partial charge in [-0.05, 0) is 25.2 Å². The molecule has 0 aromatic rings. The van der Waals surface area contributed by atoms with Crippen LogP contribution in [0.3, 0.4) is 0 Å². The van der Waals surface area contributed by atoms with E-state index in [4.69, 9.17) is 5.73 Å². The molecule has 3 N–H and O–H groups in total. The zero-order valence-electron chi connectivity index (χ0n) is 11.4. The van der Waals surface area contributed by atoms with Crippen LogP contribution in [0, 0.1) is 5.92 Å². The van der Waals surface area contributed by atoms with E-state index in [9.17, 15) is 13.2 Å². The van der Waals surface area contributed by atoms with Gasteiger partial charge in [0, 0.05) is 18.5 Å². The lowest BCUT2D eigenvalue weighted by Crippen LogP contribution is -2.46. The summed E-state index contributed by atoms with van der Waals surface area (Å²) in [4.78, 5) is 11.9. The third-order valence-corrected chi connectivity index (χ3v) is 6.11. The SMILES string of the molecule is NC1(CC(=O)NCC2CCS(=O)(=O)C2)CCCCC1. The first-order chi connectivity index (χ1) is 8.89. The quantitative estimate of drug-likeness (QED) is 0.792. The Morgan fingerprint density at radius 3 is 2.53 bits per heavy atom. The molecule has 0 radical (unpaired) electrons. The third kappa shape index (κ3) is 4.45. The maximum atomic E-state index is 11.9. The number of nitrogens with two attached hydrogens (primary N) is 1. The maximum absolute atomic E-state index is 11.9. The minimum Gasteiger partial charge on any atom is -0.356 e. The van der Waals surface area contributed by atoms with Gasteiger partial charge in [0.05, 0.1) is 11.5 Å². The molecule has 0 aromatic carbocycles. The number of hydrogen-bond acceptors (Lipinski definition) is 4. The highest BCUT2D eigenvalue weighted by Gasteiger charge is 2.31. The highest BCUT2D eigenvalue weighted by atomic mass is 32.2. The molecule has 2 fully saturated rings. The van der Waals surface area contributed by atoms with Crippen LogP contribution in [-0.2, 0) is 14.6 Å². The van der Waals surface area contributed by atoms with E-state index < -0.39 is 9.84 Å². The van der Waals surface area contributed by atoms with Crippen molar-refractivity contribution in [1.29, 1.82) is 0 Å². The third-order valence-electron chi connectivity index (χ3n) is 4.28. The molecule has 0 aromatic heterocycles. The number of hydrogen-bond donors (Lipinski definition) is 2. The zero-order valence-corrected chi connectivity index (χ0v) is 12.2. The standard InChI is InChI=1S/C13H24N2O3S/c14-13(5-2-1-3-6-13)8-12(16)15-9-11-4-7-19(17,18)10-11/h11H,1-10,14H2,(H,15,16). The predicted molar refractivity (Wildman–Crippen MR) is 74.4 cm³/mol. The van der Waals surface area contributed by atoms with E-state index in [2.05, 4.69) is 5.32 Å². The van der Waals surface area contributed by atoms with Crippen molar-refractivity contribution in [3.05, 3.63) is 0 Å². The van der Waals surface area contributed by atoms with Crippen LogP contribution in [0.4, 0.5) is 0 Å². The zero-order chi connectivity index (χ0) is 13.9. The highest BCUT2D eigenvalue weighted by molar-refractivity contribution is 7.91. The number of amides is 1. The second-order valence-corrected chi connectivity index (χ2v) is 8.40.